The molecule has 96 valence electrons. The fourth-order valence-corrected chi connectivity index (χ4v) is 2.24. The summed E-state index contributed by atoms with van der Waals surface area (Å²) in [4.78, 5) is 15.6. The van der Waals surface area contributed by atoms with Crippen molar-refractivity contribution >= 4 is 17.2 Å². The van der Waals surface area contributed by atoms with Crippen LogP contribution in [0, 0.1) is 0 Å². The van der Waals surface area contributed by atoms with Crippen LogP contribution >= 0.6 is 11.3 Å². The lowest BCUT2D eigenvalue weighted by Crippen LogP contribution is -2.33. The first kappa shape index (κ1) is 14.1. The molecule has 0 aliphatic heterocycles. The molecule has 4 nitrogen and oxygen atoms in total. The number of nitrogens with one attached hydrogen (secondary N) is 1. The van der Waals surface area contributed by atoms with Gasteiger partial charge in [-0.3, -0.25) is 4.79 Å². The Balaban J connectivity index is 2.43. The zero-order chi connectivity index (χ0) is 13.1. The summed E-state index contributed by atoms with van der Waals surface area (Å²) < 4.78 is 0. The van der Waals surface area contributed by atoms with Crippen molar-refractivity contribution in [3.8, 4) is 0 Å². The van der Waals surface area contributed by atoms with Gasteiger partial charge in [-0.1, -0.05) is 20.8 Å². The molecular formula is C12H20N2O2S. The molecule has 2 N–H and O–H groups in total. The van der Waals surface area contributed by atoms with E-state index in [1.807, 2.05) is 0 Å². The van der Waals surface area contributed by atoms with Crippen LogP contribution in [0.4, 0.5) is 0 Å². The maximum absolute atomic E-state index is 11.1. The third-order valence-electron chi connectivity index (χ3n) is 2.34. The Hall–Kier alpha value is -0.940. The summed E-state index contributed by atoms with van der Waals surface area (Å²) in [5.41, 5.74) is 1.15. The molecule has 0 aliphatic carbocycles. The Morgan fingerprint density at radius 3 is 2.71 bits per heavy atom. The third-order valence-corrected chi connectivity index (χ3v) is 3.25. The Kier molecular flexibility index (Phi) is 4.65. The van der Waals surface area contributed by atoms with Gasteiger partial charge < -0.3 is 10.4 Å². The maximum atomic E-state index is 11.1. The maximum Gasteiger partial charge on any atom is 0.248 e. The Labute approximate surface area is 106 Å². The van der Waals surface area contributed by atoms with E-state index in [4.69, 9.17) is 5.11 Å². The first-order chi connectivity index (χ1) is 7.80. The molecule has 0 radical (unpaired) electrons. The largest absolute Gasteiger partial charge is 0.384 e. The molecule has 17 heavy (non-hydrogen) atoms. The molecule has 1 aromatic rings. The molecule has 5 heteroatoms. The number of carbonyl (C=O) groups is 1. The van der Waals surface area contributed by atoms with Crippen LogP contribution in [0.15, 0.2) is 5.38 Å². The minimum Gasteiger partial charge on any atom is -0.384 e. The van der Waals surface area contributed by atoms with Gasteiger partial charge in [0.2, 0.25) is 5.91 Å². The topological polar surface area (TPSA) is 62.2 Å². The molecular weight excluding hydrogens is 236 g/mol. The molecule has 1 unspecified atom stereocenters. The van der Waals surface area contributed by atoms with E-state index in [0.29, 0.717) is 13.0 Å². The molecule has 1 atom stereocenters. The van der Waals surface area contributed by atoms with Crippen LogP contribution in [0.3, 0.4) is 0 Å². The number of aliphatic hydroxyl groups excluding tert-OH is 1. The molecule has 0 bridgehead atoms. The van der Waals surface area contributed by atoms with E-state index >= 15 is 0 Å². The minimum atomic E-state index is -0.948. The van der Waals surface area contributed by atoms with Crippen molar-refractivity contribution in [2.75, 3.05) is 6.54 Å². The minimum absolute atomic E-state index is 0.0671. The van der Waals surface area contributed by atoms with Crippen molar-refractivity contribution in [1.29, 1.82) is 0 Å². The molecule has 0 saturated heterocycles. The first-order valence-electron chi connectivity index (χ1n) is 5.71. The molecule has 0 aliphatic rings. The van der Waals surface area contributed by atoms with Crippen molar-refractivity contribution < 1.29 is 9.90 Å². The quantitative estimate of drug-likeness (QED) is 0.857. The van der Waals surface area contributed by atoms with Gasteiger partial charge in [-0.15, -0.1) is 11.3 Å². The van der Waals surface area contributed by atoms with Gasteiger partial charge in [0.1, 0.15) is 6.10 Å². The zero-order valence-corrected chi connectivity index (χ0v) is 11.6. The number of amides is 1. The number of carbonyl (C=O) groups excluding carboxylic acids is 1. The van der Waals surface area contributed by atoms with Gasteiger partial charge in [0, 0.05) is 23.8 Å². The number of aromatic nitrogens is 1. The smallest absolute Gasteiger partial charge is 0.248 e. The molecule has 0 fully saturated rings. The molecule has 0 saturated carbocycles. The van der Waals surface area contributed by atoms with Gasteiger partial charge in [0.15, 0.2) is 0 Å². The number of nitrogens with zero attached hydrogens (tertiary/aromatic N) is 1. The summed E-state index contributed by atoms with van der Waals surface area (Å²) in [6.45, 7) is 8.35. The number of rotatable bonds is 4. The van der Waals surface area contributed by atoms with Crippen LogP contribution in [-0.2, 0) is 16.6 Å². The van der Waals surface area contributed by atoms with Gasteiger partial charge in [-0.2, -0.15) is 0 Å². The normalized spacial score (nSPS) is 13.5. The molecule has 1 heterocycles. The highest BCUT2D eigenvalue weighted by atomic mass is 32.1. The number of hydrogen-bond acceptors (Lipinski definition) is 4. The molecule has 1 amide bonds. The SMILES string of the molecule is CC(O)C(=O)NCCc1nc(C(C)(C)C)cs1. The Morgan fingerprint density at radius 1 is 1.59 bits per heavy atom. The average molecular weight is 256 g/mol. The van der Waals surface area contributed by atoms with E-state index in [2.05, 4.69) is 36.5 Å². The zero-order valence-electron chi connectivity index (χ0n) is 10.8. The first-order valence-corrected chi connectivity index (χ1v) is 6.59. The van der Waals surface area contributed by atoms with E-state index in [0.717, 1.165) is 10.7 Å². The second-order valence-corrected chi connectivity index (χ2v) is 6.04. The standard InChI is InChI=1S/C12H20N2O2S/c1-8(15)11(16)13-6-5-10-14-9(7-17-10)12(2,3)4/h7-8,15H,5-6H2,1-4H3,(H,13,16). The van der Waals surface area contributed by atoms with Gasteiger partial charge in [-0.25, -0.2) is 4.98 Å². The summed E-state index contributed by atoms with van der Waals surface area (Å²) in [7, 11) is 0. The lowest BCUT2D eigenvalue weighted by molar-refractivity contribution is -0.128. The second kappa shape index (κ2) is 5.60. The fraction of sp³-hybridized carbons (Fsp3) is 0.667. The van der Waals surface area contributed by atoms with E-state index in [9.17, 15) is 4.79 Å². The Bertz CT molecular complexity index is 380. The van der Waals surface area contributed by atoms with Crippen LogP contribution in [0.1, 0.15) is 38.4 Å². The van der Waals surface area contributed by atoms with Gasteiger partial charge in [-0.05, 0) is 6.92 Å². The van der Waals surface area contributed by atoms with Crippen molar-refractivity contribution in [1.82, 2.24) is 10.3 Å². The Morgan fingerprint density at radius 2 is 2.24 bits per heavy atom. The lowest BCUT2D eigenvalue weighted by atomic mass is 9.93. The van der Waals surface area contributed by atoms with Gasteiger partial charge in [0.05, 0.1) is 10.7 Å². The van der Waals surface area contributed by atoms with E-state index in [1.165, 1.54) is 6.92 Å². The van der Waals surface area contributed by atoms with Crippen LogP contribution in [0.25, 0.3) is 0 Å². The number of thiazole rings is 1. The van der Waals surface area contributed by atoms with Crippen molar-refractivity contribution in [3.05, 3.63) is 16.1 Å². The van der Waals surface area contributed by atoms with Crippen LogP contribution in [0.2, 0.25) is 0 Å². The predicted molar refractivity (Wildman–Crippen MR) is 69.2 cm³/mol. The summed E-state index contributed by atoms with van der Waals surface area (Å²) in [6.07, 6.45) is -0.240. The molecule has 0 spiro atoms. The van der Waals surface area contributed by atoms with Gasteiger partial charge >= 0.3 is 0 Å². The van der Waals surface area contributed by atoms with Crippen molar-refractivity contribution in [2.45, 2.75) is 45.6 Å². The summed E-state index contributed by atoms with van der Waals surface area (Å²) >= 11 is 1.61. The van der Waals surface area contributed by atoms with Crippen LogP contribution in [-0.4, -0.2) is 28.6 Å². The second-order valence-electron chi connectivity index (χ2n) is 5.09. The average Bonchev–Trinajstić information content (AvgIpc) is 2.65. The van der Waals surface area contributed by atoms with Crippen molar-refractivity contribution in [2.24, 2.45) is 0 Å². The van der Waals surface area contributed by atoms with Crippen LogP contribution in [0.5, 0.6) is 0 Å². The van der Waals surface area contributed by atoms with E-state index in [1.54, 1.807) is 11.3 Å². The van der Waals surface area contributed by atoms with Crippen molar-refractivity contribution in [3.63, 3.8) is 0 Å². The number of hydrogen-bond donors (Lipinski definition) is 2. The molecule has 1 rings (SSSR count). The van der Waals surface area contributed by atoms with Gasteiger partial charge in [0.25, 0.3) is 0 Å². The highest BCUT2D eigenvalue weighted by molar-refractivity contribution is 7.09. The van der Waals surface area contributed by atoms with E-state index < -0.39 is 6.10 Å². The highest BCUT2D eigenvalue weighted by Gasteiger charge is 2.17. The summed E-state index contributed by atoms with van der Waals surface area (Å²) in [5.74, 6) is -0.336. The number of aliphatic hydroxyl groups is 1. The predicted octanol–water partition coefficient (Wildman–Crippen LogP) is 1.48. The fourth-order valence-electron chi connectivity index (χ4n) is 1.21. The summed E-state index contributed by atoms with van der Waals surface area (Å²) in [6, 6.07) is 0. The van der Waals surface area contributed by atoms with Crippen LogP contribution < -0.4 is 5.32 Å². The molecule has 0 aromatic carbocycles. The summed E-state index contributed by atoms with van der Waals surface area (Å²) in [5, 5.41) is 14.7. The lowest BCUT2D eigenvalue weighted by Gasteiger charge is -2.14. The molecule has 1 aromatic heterocycles. The van der Waals surface area contributed by atoms with E-state index in [-0.39, 0.29) is 11.3 Å². The third kappa shape index (κ3) is 4.44. The monoisotopic (exact) mass is 256 g/mol. The highest BCUT2D eigenvalue weighted by Crippen LogP contribution is 2.23.